The van der Waals surface area contributed by atoms with E-state index >= 15 is 0 Å². The molecule has 0 aliphatic rings. The zero-order valence-electron chi connectivity index (χ0n) is 9.55. The average molecular weight is 294 g/mol. The van der Waals surface area contributed by atoms with Crippen molar-refractivity contribution in [1.29, 1.82) is 5.26 Å². The highest BCUT2D eigenvalue weighted by molar-refractivity contribution is 6.32. The number of rotatable bonds is 3. The predicted molar refractivity (Wildman–Crippen MR) is 58.8 cm³/mol. The van der Waals surface area contributed by atoms with Crippen LogP contribution in [0.25, 0.3) is 0 Å². The molecule has 1 aromatic rings. The minimum atomic E-state index is -5.03. The molecule has 19 heavy (non-hydrogen) atoms. The molecule has 1 aromatic carbocycles. The topological polar surface area (TPSA) is 59.3 Å². The molecule has 0 bridgehead atoms. The quantitative estimate of drug-likeness (QED) is 0.802. The number of benzene rings is 1. The lowest BCUT2D eigenvalue weighted by molar-refractivity contribution is -0.274. The molecule has 4 nitrogen and oxygen atoms in total. The highest BCUT2D eigenvalue weighted by atomic mass is 35.5. The first-order valence-electron chi connectivity index (χ1n) is 4.95. The maximum Gasteiger partial charge on any atom is 0.573 e. The van der Waals surface area contributed by atoms with Gasteiger partial charge in [0.05, 0.1) is 17.2 Å². The molecule has 0 heterocycles. The van der Waals surface area contributed by atoms with Crippen LogP contribution in [0.5, 0.6) is 5.75 Å². The van der Waals surface area contributed by atoms with E-state index in [0.717, 1.165) is 12.1 Å². The van der Waals surface area contributed by atoms with E-state index in [1.807, 2.05) is 0 Å². The molecule has 0 N–H and O–H groups in total. The van der Waals surface area contributed by atoms with E-state index in [1.165, 1.54) is 13.0 Å². The van der Waals surface area contributed by atoms with Gasteiger partial charge in [0, 0.05) is 0 Å². The van der Waals surface area contributed by atoms with Crippen molar-refractivity contribution in [1.82, 2.24) is 0 Å². The summed E-state index contributed by atoms with van der Waals surface area (Å²) in [7, 11) is 0. The van der Waals surface area contributed by atoms with Crippen LogP contribution in [-0.4, -0.2) is 18.9 Å². The first kappa shape index (κ1) is 15.1. The van der Waals surface area contributed by atoms with Crippen molar-refractivity contribution >= 4 is 17.6 Å². The van der Waals surface area contributed by atoms with Crippen molar-refractivity contribution in [2.24, 2.45) is 0 Å². The van der Waals surface area contributed by atoms with Crippen molar-refractivity contribution in [2.75, 3.05) is 6.61 Å². The summed E-state index contributed by atoms with van der Waals surface area (Å²) < 4.78 is 44.9. The fourth-order valence-corrected chi connectivity index (χ4v) is 1.46. The SMILES string of the molecule is CCOC(=O)c1ccc(Cl)c(OC(F)(F)F)c1C#N. The minimum absolute atomic E-state index is 0.0157. The third-order valence-electron chi connectivity index (χ3n) is 1.93. The summed E-state index contributed by atoms with van der Waals surface area (Å²) in [5.74, 6) is -1.84. The fourth-order valence-electron chi connectivity index (χ4n) is 1.26. The fraction of sp³-hybridized carbons (Fsp3) is 0.273. The minimum Gasteiger partial charge on any atom is -0.462 e. The highest BCUT2D eigenvalue weighted by Gasteiger charge is 2.34. The summed E-state index contributed by atoms with van der Waals surface area (Å²) >= 11 is 5.54. The van der Waals surface area contributed by atoms with Gasteiger partial charge in [-0.1, -0.05) is 11.6 Å². The summed E-state index contributed by atoms with van der Waals surface area (Å²) in [5, 5.41) is 8.45. The van der Waals surface area contributed by atoms with E-state index in [-0.39, 0.29) is 12.2 Å². The zero-order valence-corrected chi connectivity index (χ0v) is 10.3. The largest absolute Gasteiger partial charge is 0.573 e. The maximum absolute atomic E-state index is 12.2. The van der Waals surface area contributed by atoms with Gasteiger partial charge in [-0.15, -0.1) is 13.2 Å². The monoisotopic (exact) mass is 293 g/mol. The average Bonchev–Trinajstić information content (AvgIpc) is 2.30. The van der Waals surface area contributed by atoms with Crippen LogP contribution in [0.2, 0.25) is 5.02 Å². The second kappa shape index (κ2) is 5.80. The van der Waals surface area contributed by atoms with E-state index in [2.05, 4.69) is 9.47 Å². The van der Waals surface area contributed by atoms with Gasteiger partial charge in [0.2, 0.25) is 0 Å². The second-order valence-electron chi connectivity index (χ2n) is 3.18. The Labute approximate surface area is 111 Å². The molecule has 0 aliphatic carbocycles. The van der Waals surface area contributed by atoms with Crippen molar-refractivity contribution in [3.8, 4) is 11.8 Å². The number of alkyl halides is 3. The molecule has 0 unspecified atom stereocenters. The van der Waals surface area contributed by atoms with Crippen LogP contribution >= 0.6 is 11.6 Å². The second-order valence-corrected chi connectivity index (χ2v) is 3.59. The molecule has 8 heteroatoms. The predicted octanol–water partition coefficient (Wildman–Crippen LogP) is 3.29. The Kier molecular flexibility index (Phi) is 4.62. The number of halogens is 4. The standard InChI is InChI=1S/C11H7ClF3NO3/c1-2-18-10(17)6-3-4-8(12)9(7(6)5-16)19-11(13,14)15/h3-4H,2H2,1H3. The van der Waals surface area contributed by atoms with Gasteiger partial charge in [-0.25, -0.2) is 4.79 Å². The number of carbonyl (C=O) groups excluding carboxylic acids is 1. The van der Waals surface area contributed by atoms with Gasteiger partial charge in [0.1, 0.15) is 11.6 Å². The lowest BCUT2D eigenvalue weighted by atomic mass is 10.1. The molecule has 0 spiro atoms. The third-order valence-corrected chi connectivity index (χ3v) is 2.23. The molecule has 0 aliphatic heterocycles. The molecule has 0 saturated carbocycles. The Balaban J connectivity index is 3.34. The smallest absolute Gasteiger partial charge is 0.462 e. The molecule has 0 atom stereocenters. The summed E-state index contributed by atoms with van der Waals surface area (Å²) in [5.41, 5.74) is -0.962. The van der Waals surface area contributed by atoms with E-state index in [0.29, 0.717) is 0 Å². The number of hydrogen-bond acceptors (Lipinski definition) is 4. The Bertz CT molecular complexity index is 537. The van der Waals surface area contributed by atoms with Crippen LogP contribution in [0.1, 0.15) is 22.8 Å². The van der Waals surface area contributed by atoms with Crippen LogP contribution in [-0.2, 0) is 4.74 Å². The lowest BCUT2D eigenvalue weighted by Gasteiger charge is -2.13. The number of hydrogen-bond donors (Lipinski definition) is 0. The Morgan fingerprint density at radius 3 is 2.58 bits per heavy atom. The van der Waals surface area contributed by atoms with Crippen molar-refractivity contribution in [3.63, 3.8) is 0 Å². The normalized spacial score (nSPS) is 10.7. The molecule has 0 aromatic heterocycles. The van der Waals surface area contributed by atoms with Gasteiger partial charge in [-0.05, 0) is 19.1 Å². The number of nitriles is 1. The van der Waals surface area contributed by atoms with Crippen LogP contribution < -0.4 is 4.74 Å². The van der Waals surface area contributed by atoms with E-state index < -0.39 is 28.7 Å². The highest BCUT2D eigenvalue weighted by Crippen LogP contribution is 2.35. The van der Waals surface area contributed by atoms with E-state index in [9.17, 15) is 18.0 Å². The Morgan fingerprint density at radius 2 is 2.11 bits per heavy atom. The van der Waals surface area contributed by atoms with Crippen molar-refractivity contribution in [3.05, 3.63) is 28.3 Å². The summed E-state index contributed by atoms with van der Waals surface area (Å²) in [6.45, 7) is 1.54. The maximum atomic E-state index is 12.2. The van der Waals surface area contributed by atoms with Crippen molar-refractivity contribution in [2.45, 2.75) is 13.3 Å². The molecule has 0 fully saturated rings. The van der Waals surface area contributed by atoms with Crippen LogP contribution in [0.4, 0.5) is 13.2 Å². The summed E-state index contributed by atoms with van der Waals surface area (Å²) in [6, 6.07) is 3.58. The Hall–Kier alpha value is -1.94. The van der Waals surface area contributed by atoms with E-state index in [4.69, 9.17) is 16.9 Å². The van der Waals surface area contributed by atoms with E-state index in [1.54, 1.807) is 0 Å². The van der Waals surface area contributed by atoms with Gasteiger partial charge in [0.15, 0.2) is 5.75 Å². The molecule has 1 rings (SSSR count). The van der Waals surface area contributed by atoms with Gasteiger partial charge in [-0.2, -0.15) is 5.26 Å². The number of nitrogens with zero attached hydrogens (tertiary/aromatic N) is 1. The van der Waals surface area contributed by atoms with Gasteiger partial charge in [-0.3, -0.25) is 0 Å². The van der Waals surface area contributed by atoms with Gasteiger partial charge in [0.25, 0.3) is 0 Å². The Morgan fingerprint density at radius 1 is 1.47 bits per heavy atom. The molecule has 0 radical (unpaired) electrons. The van der Waals surface area contributed by atoms with Gasteiger partial charge >= 0.3 is 12.3 Å². The third kappa shape index (κ3) is 3.76. The zero-order chi connectivity index (χ0) is 14.6. The molecular weight excluding hydrogens is 287 g/mol. The molecule has 0 amide bonds. The molecular formula is C11H7ClF3NO3. The first-order chi connectivity index (χ1) is 8.80. The molecule has 102 valence electrons. The number of ether oxygens (including phenoxy) is 2. The van der Waals surface area contributed by atoms with Crippen LogP contribution in [0, 0.1) is 11.3 Å². The first-order valence-corrected chi connectivity index (χ1v) is 5.33. The van der Waals surface area contributed by atoms with Crippen molar-refractivity contribution < 1.29 is 27.4 Å². The number of carbonyl (C=O) groups is 1. The van der Waals surface area contributed by atoms with Gasteiger partial charge < -0.3 is 9.47 Å². The van der Waals surface area contributed by atoms with Crippen LogP contribution in [0.3, 0.4) is 0 Å². The number of esters is 1. The summed E-state index contributed by atoms with van der Waals surface area (Å²) in [4.78, 5) is 11.5. The van der Waals surface area contributed by atoms with Crippen LogP contribution in [0.15, 0.2) is 12.1 Å². The lowest BCUT2D eigenvalue weighted by Crippen LogP contribution is -2.19. The summed E-state index contributed by atoms with van der Waals surface area (Å²) in [6.07, 6.45) is -5.03. The molecule has 0 saturated heterocycles.